The van der Waals surface area contributed by atoms with Gasteiger partial charge in [-0.25, -0.2) is 8.51 Å². The summed E-state index contributed by atoms with van der Waals surface area (Å²) in [6.45, 7) is 10.1. The van der Waals surface area contributed by atoms with Gasteiger partial charge in [-0.05, 0) is 89.0 Å². The van der Waals surface area contributed by atoms with Crippen LogP contribution in [0, 0.1) is 19.8 Å². The number of likely N-dealkylation sites (N-methyl/N-ethyl adjacent to an activating group) is 1. The van der Waals surface area contributed by atoms with Gasteiger partial charge >= 0.3 is 0 Å². The maximum absolute atomic E-state index is 13.1. The third kappa shape index (κ3) is 6.07. The molecule has 9 heteroatoms. The number of rotatable bonds is 9. The van der Waals surface area contributed by atoms with E-state index < -0.39 is 11.0 Å². The molecular formula is C26H42N4O4S. The average molecular weight is 507 g/mol. The fraction of sp³-hybridized carbons (Fsp3) is 0.731. The van der Waals surface area contributed by atoms with Crippen LogP contribution in [0.4, 0.5) is 0 Å². The number of fused-ring (bicyclic) bond motifs is 1. The maximum Gasteiger partial charge on any atom is 0.248 e. The van der Waals surface area contributed by atoms with E-state index in [1.54, 1.807) is 11.4 Å². The molecule has 3 atom stereocenters. The van der Waals surface area contributed by atoms with Gasteiger partial charge in [-0.15, -0.1) is 0 Å². The molecule has 1 amide bonds. The summed E-state index contributed by atoms with van der Waals surface area (Å²) in [7, 11) is 4.37. The Balaban J connectivity index is 1.20. The van der Waals surface area contributed by atoms with Crippen LogP contribution in [0.5, 0.6) is 5.75 Å². The molecule has 0 N–H and O–H groups in total. The van der Waals surface area contributed by atoms with Crippen LogP contribution >= 0.6 is 0 Å². The van der Waals surface area contributed by atoms with Crippen molar-refractivity contribution >= 4 is 16.9 Å². The quantitative estimate of drug-likeness (QED) is 0.477. The number of ether oxygens (including phenoxy) is 2. The summed E-state index contributed by atoms with van der Waals surface area (Å²) >= 11 is 0. The molecule has 3 aliphatic rings. The van der Waals surface area contributed by atoms with Crippen molar-refractivity contribution in [1.82, 2.24) is 19.0 Å². The number of hydrogen-bond acceptors (Lipinski definition) is 6. The van der Waals surface area contributed by atoms with E-state index in [4.69, 9.17) is 9.47 Å². The zero-order chi connectivity index (χ0) is 25.1. The van der Waals surface area contributed by atoms with Crippen molar-refractivity contribution in [2.45, 2.75) is 50.1 Å². The molecule has 0 saturated carbocycles. The lowest BCUT2D eigenvalue weighted by Gasteiger charge is -2.38. The standard InChI is InChI=1S/C26H42N4O4S/c1-19-14-23(33-5)15-20(2)26(19)35(32)28(4)12-13-34-18-25(31)29-16-21-6-11-30(24(21)17-29)22-7-9-27(3)10-8-22/h14-15,21-22,24H,6-13,16-18H2,1-5H3/t21-,24+,35?/m0/s1. The number of hydrogen-bond donors (Lipinski definition) is 0. The van der Waals surface area contributed by atoms with Crippen LogP contribution in [0.25, 0.3) is 0 Å². The van der Waals surface area contributed by atoms with Crippen molar-refractivity contribution in [3.63, 3.8) is 0 Å². The summed E-state index contributed by atoms with van der Waals surface area (Å²) in [6, 6.07) is 4.99. The zero-order valence-corrected chi connectivity index (χ0v) is 22.8. The summed E-state index contributed by atoms with van der Waals surface area (Å²) in [5.74, 6) is 1.45. The van der Waals surface area contributed by atoms with E-state index in [0.29, 0.717) is 31.2 Å². The molecule has 3 fully saturated rings. The van der Waals surface area contributed by atoms with Gasteiger partial charge in [0.25, 0.3) is 0 Å². The Labute approximate surface area is 213 Å². The molecule has 4 rings (SSSR count). The molecule has 1 unspecified atom stereocenters. The van der Waals surface area contributed by atoms with E-state index in [-0.39, 0.29) is 12.5 Å². The molecule has 0 radical (unpaired) electrons. The number of nitrogens with zero attached hydrogens (tertiary/aromatic N) is 4. The number of carbonyl (C=O) groups excluding carboxylic acids is 1. The molecule has 0 aliphatic carbocycles. The molecule has 3 heterocycles. The van der Waals surface area contributed by atoms with Crippen LogP contribution in [0.15, 0.2) is 17.0 Å². The van der Waals surface area contributed by atoms with Crippen LogP contribution in [0.3, 0.4) is 0 Å². The van der Waals surface area contributed by atoms with Gasteiger partial charge < -0.3 is 19.3 Å². The molecule has 8 nitrogen and oxygen atoms in total. The highest BCUT2D eigenvalue weighted by molar-refractivity contribution is 7.82. The lowest BCUT2D eigenvalue weighted by Crippen LogP contribution is -2.48. The fourth-order valence-electron chi connectivity index (χ4n) is 5.96. The molecule has 0 aromatic heterocycles. The van der Waals surface area contributed by atoms with Crippen LogP contribution in [-0.4, -0.2) is 115 Å². The normalized spacial score (nSPS) is 24.8. The third-order valence-corrected chi connectivity index (χ3v) is 9.75. The number of amides is 1. The van der Waals surface area contributed by atoms with Crippen LogP contribution in [0.2, 0.25) is 0 Å². The topological polar surface area (TPSA) is 65.6 Å². The Morgan fingerprint density at radius 3 is 2.46 bits per heavy atom. The minimum Gasteiger partial charge on any atom is -0.497 e. The number of benzene rings is 1. The highest BCUT2D eigenvalue weighted by Crippen LogP contribution is 2.35. The predicted octanol–water partition coefficient (Wildman–Crippen LogP) is 1.91. The average Bonchev–Trinajstić information content (AvgIpc) is 3.43. The van der Waals surface area contributed by atoms with Gasteiger partial charge in [0.1, 0.15) is 23.3 Å². The number of piperidine rings is 1. The van der Waals surface area contributed by atoms with Crippen molar-refractivity contribution in [2.75, 3.05) is 73.7 Å². The third-order valence-electron chi connectivity index (χ3n) is 8.00. The van der Waals surface area contributed by atoms with Crippen LogP contribution in [-0.2, 0) is 20.5 Å². The number of aryl methyl sites for hydroxylation is 2. The van der Waals surface area contributed by atoms with Crippen LogP contribution in [0.1, 0.15) is 30.4 Å². The van der Waals surface area contributed by atoms with Gasteiger partial charge in [0.15, 0.2) is 0 Å². The van der Waals surface area contributed by atoms with Crippen molar-refractivity contribution < 1.29 is 18.5 Å². The summed E-state index contributed by atoms with van der Waals surface area (Å²) in [4.78, 5) is 20.8. The summed E-state index contributed by atoms with van der Waals surface area (Å²) < 4.78 is 25.9. The van der Waals surface area contributed by atoms with E-state index in [0.717, 1.165) is 34.9 Å². The van der Waals surface area contributed by atoms with Crippen molar-refractivity contribution in [1.29, 1.82) is 0 Å². The Kier molecular flexibility index (Phi) is 8.86. The summed E-state index contributed by atoms with van der Waals surface area (Å²) in [6.07, 6.45) is 3.67. The lowest BCUT2D eigenvalue weighted by atomic mass is 10.0. The summed E-state index contributed by atoms with van der Waals surface area (Å²) in [5.41, 5.74) is 1.88. The first-order valence-corrected chi connectivity index (χ1v) is 14.0. The highest BCUT2D eigenvalue weighted by Gasteiger charge is 2.45. The van der Waals surface area contributed by atoms with E-state index >= 15 is 0 Å². The highest BCUT2D eigenvalue weighted by atomic mass is 32.2. The van der Waals surface area contributed by atoms with Crippen molar-refractivity contribution in [3.8, 4) is 5.75 Å². The summed E-state index contributed by atoms with van der Waals surface area (Å²) in [5, 5.41) is 0. The van der Waals surface area contributed by atoms with E-state index in [2.05, 4.69) is 16.8 Å². The molecule has 35 heavy (non-hydrogen) atoms. The van der Waals surface area contributed by atoms with E-state index in [9.17, 15) is 9.00 Å². The Bertz CT molecular complexity index is 898. The van der Waals surface area contributed by atoms with Gasteiger partial charge in [-0.3, -0.25) is 9.69 Å². The fourth-order valence-corrected chi connectivity index (χ4v) is 7.19. The molecule has 196 valence electrons. The minimum absolute atomic E-state index is 0.0772. The maximum atomic E-state index is 13.1. The monoisotopic (exact) mass is 506 g/mol. The van der Waals surface area contributed by atoms with Crippen LogP contribution < -0.4 is 4.74 Å². The van der Waals surface area contributed by atoms with Gasteiger partial charge in [-0.2, -0.15) is 0 Å². The second-order valence-electron chi connectivity index (χ2n) is 10.4. The Hall–Kier alpha value is -1.52. The van der Waals surface area contributed by atoms with E-state index in [1.165, 1.54) is 38.9 Å². The molecule has 1 aromatic carbocycles. The molecular weight excluding hydrogens is 464 g/mol. The largest absolute Gasteiger partial charge is 0.497 e. The second-order valence-corrected chi connectivity index (χ2v) is 12.0. The Morgan fingerprint density at radius 2 is 1.80 bits per heavy atom. The minimum atomic E-state index is -1.30. The molecule has 0 spiro atoms. The van der Waals surface area contributed by atoms with Gasteiger partial charge in [0, 0.05) is 38.8 Å². The first-order valence-electron chi connectivity index (χ1n) is 12.9. The number of carbonyl (C=O) groups is 1. The van der Waals surface area contributed by atoms with Gasteiger partial charge in [0.2, 0.25) is 5.91 Å². The van der Waals surface area contributed by atoms with Gasteiger partial charge in [0.05, 0.1) is 18.6 Å². The first kappa shape index (κ1) is 26.5. The second kappa shape index (κ2) is 11.7. The van der Waals surface area contributed by atoms with Crippen molar-refractivity contribution in [2.24, 2.45) is 5.92 Å². The van der Waals surface area contributed by atoms with E-state index in [1.807, 2.05) is 37.9 Å². The Morgan fingerprint density at radius 1 is 1.11 bits per heavy atom. The van der Waals surface area contributed by atoms with Crippen molar-refractivity contribution in [3.05, 3.63) is 23.3 Å². The van der Waals surface area contributed by atoms with Gasteiger partial charge in [-0.1, -0.05) is 0 Å². The lowest BCUT2D eigenvalue weighted by molar-refractivity contribution is -0.135. The molecule has 3 aliphatic heterocycles. The first-order chi connectivity index (χ1) is 16.8. The smallest absolute Gasteiger partial charge is 0.248 e. The molecule has 1 aromatic rings. The molecule has 3 saturated heterocycles. The molecule has 0 bridgehead atoms. The number of methoxy groups -OCH3 is 1. The SMILES string of the molecule is COc1cc(C)c(S(=O)N(C)CCOCC(=O)N2C[C@@H]3CCN(C4CCN(C)CC4)[C@@H]3C2)c(C)c1. The zero-order valence-electron chi connectivity index (χ0n) is 22.0. The number of likely N-dealkylation sites (tertiary alicyclic amines) is 3. The predicted molar refractivity (Wildman–Crippen MR) is 138 cm³/mol.